The average Bonchev–Trinajstić information content (AvgIpc) is 2.16. The average molecular weight is 281 g/mol. The summed E-state index contributed by atoms with van der Waals surface area (Å²) in [5, 5.41) is 8.76. The molecule has 0 saturated carbocycles. The van der Waals surface area contributed by atoms with Crippen LogP contribution >= 0.6 is 0 Å². The van der Waals surface area contributed by atoms with E-state index in [-0.39, 0.29) is 38.3 Å². The second-order valence-corrected chi connectivity index (χ2v) is 3.16. The number of allylic oxidation sites excluding steroid dienone is 1. The van der Waals surface area contributed by atoms with Gasteiger partial charge in [-0.3, -0.25) is 0 Å². The zero-order valence-corrected chi connectivity index (χ0v) is 11.7. The first-order chi connectivity index (χ1) is 6.65. The molecular formula is C11H14NO2Y-. The van der Waals surface area contributed by atoms with E-state index >= 15 is 0 Å². The Morgan fingerprint density at radius 3 is 2.80 bits per heavy atom. The van der Waals surface area contributed by atoms with Crippen LogP contribution < -0.4 is 0 Å². The molecule has 0 atom stereocenters. The molecule has 79 valence electrons. The monoisotopic (exact) mass is 281 g/mol. The number of hydrogen-bond acceptors (Lipinski definition) is 2. The topological polar surface area (TPSA) is 40.5 Å². The molecule has 1 aliphatic rings. The van der Waals surface area contributed by atoms with E-state index in [9.17, 15) is 4.79 Å². The molecule has 0 aromatic heterocycles. The molecular weight excluding hydrogens is 267 g/mol. The molecule has 0 spiro atoms. The molecule has 4 heteroatoms. The van der Waals surface area contributed by atoms with Gasteiger partial charge in [-0.05, 0) is 17.7 Å². The molecule has 1 N–H and O–H groups in total. The first-order valence-electron chi connectivity index (χ1n) is 4.66. The summed E-state index contributed by atoms with van der Waals surface area (Å²) in [4.78, 5) is 12.4. The van der Waals surface area contributed by atoms with Gasteiger partial charge in [-0.15, -0.1) is 18.7 Å². The van der Waals surface area contributed by atoms with E-state index in [0.717, 1.165) is 25.1 Å². The van der Waals surface area contributed by atoms with Gasteiger partial charge in [-0.1, -0.05) is 19.5 Å². The van der Waals surface area contributed by atoms with Gasteiger partial charge in [0.25, 0.3) is 0 Å². The standard InChI is InChI=1S/C11H14NO2.Y/c1-3-4-7-12-8-10(11(13)14)6-5-9(12)2;/h5-6H,2-4,7H2,1H3,(H,13,14);/q-1;. The summed E-state index contributed by atoms with van der Waals surface area (Å²) in [6, 6.07) is 0. The van der Waals surface area contributed by atoms with Crippen molar-refractivity contribution in [1.29, 1.82) is 0 Å². The number of carboxylic acids is 1. The van der Waals surface area contributed by atoms with Gasteiger partial charge >= 0.3 is 0 Å². The van der Waals surface area contributed by atoms with E-state index in [1.807, 2.05) is 0 Å². The van der Waals surface area contributed by atoms with Gasteiger partial charge < -0.3 is 14.8 Å². The molecule has 0 aliphatic carbocycles. The first kappa shape index (κ1) is 14.6. The summed E-state index contributed by atoms with van der Waals surface area (Å²) in [7, 11) is 0. The molecule has 0 bridgehead atoms. The van der Waals surface area contributed by atoms with Crippen molar-refractivity contribution in [3.05, 3.63) is 36.2 Å². The smallest absolute Gasteiger partial charge is 0.249 e. The normalized spacial score (nSPS) is 14.6. The van der Waals surface area contributed by atoms with Crippen LogP contribution in [0, 0.1) is 6.20 Å². The fraction of sp³-hybridized carbons (Fsp3) is 0.364. The van der Waals surface area contributed by atoms with E-state index in [2.05, 4.69) is 19.7 Å². The molecule has 15 heavy (non-hydrogen) atoms. The van der Waals surface area contributed by atoms with Crippen LogP contribution in [0.4, 0.5) is 0 Å². The van der Waals surface area contributed by atoms with Crippen LogP contribution in [-0.2, 0) is 37.5 Å². The van der Waals surface area contributed by atoms with Crippen molar-refractivity contribution in [2.45, 2.75) is 19.8 Å². The zero-order valence-electron chi connectivity index (χ0n) is 8.86. The van der Waals surface area contributed by atoms with Gasteiger partial charge in [-0.25, -0.2) is 0 Å². The third-order valence-corrected chi connectivity index (χ3v) is 2.01. The Morgan fingerprint density at radius 1 is 1.60 bits per heavy atom. The molecule has 1 rings (SSSR count). The van der Waals surface area contributed by atoms with E-state index in [1.54, 1.807) is 11.0 Å². The molecule has 0 unspecified atom stereocenters. The van der Waals surface area contributed by atoms with Gasteiger partial charge in [-0.2, -0.15) is 0 Å². The molecule has 1 heterocycles. The third-order valence-electron chi connectivity index (χ3n) is 2.01. The second-order valence-electron chi connectivity index (χ2n) is 3.16. The van der Waals surface area contributed by atoms with E-state index in [1.165, 1.54) is 6.08 Å². The Labute approximate surface area is 115 Å². The van der Waals surface area contributed by atoms with Crippen LogP contribution in [0.15, 0.2) is 30.0 Å². The van der Waals surface area contributed by atoms with Crippen LogP contribution in [0.2, 0.25) is 0 Å². The quantitative estimate of drug-likeness (QED) is 0.801. The van der Waals surface area contributed by atoms with Crippen LogP contribution in [0.5, 0.6) is 0 Å². The summed E-state index contributed by atoms with van der Waals surface area (Å²) in [6.45, 7) is 6.67. The minimum absolute atomic E-state index is 0. The molecule has 0 aromatic rings. The molecule has 0 amide bonds. The van der Waals surface area contributed by atoms with Crippen molar-refractivity contribution in [3.63, 3.8) is 0 Å². The predicted molar refractivity (Wildman–Crippen MR) is 54.3 cm³/mol. The molecule has 0 aromatic carbocycles. The number of hydrogen-bond donors (Lipinski definition) is 1. The van der Waals surface area contributed by atoms with Crippen molar-refractivity contribution in [2.24, 2.45) is 0 Å². The Kier molecular flexibility index (Phi) is 6.78. The van der Waals surface area contributed by atoms with Crippen molar-refractivity contribution in [2.75, 3.05) is 6.54 Å². The van der Waals surface area contributed by atoms with Gasteiger partial charge in [0.1, 0.15) is 0 Å². The Balaban J connectivity index is 0.00000196. The van der Waals surface area contributed by atoms with Gasteiger partial charge in [0, 0.05) is 39.3 Å². The minimum atomic E-state index is -0.949. The molecule has 3 nitrogen and oxygen atoms in total. The largest absolute Gasteiger partial charge is 0.521 e. The molecule has 0 saturated heterocycles. The Morgan fingerprint density at radius 2 is 2.27 bits per heavy atom. The van der Waals surface area contributed by atoms with E-state index in [4.69, 9.17) is 5.11 Å². The first-order valence-corrected chi connectivity index (χ1v) is 4.66. The maximum Gasteiger partial charge on any atom is 0.249 e. The molecule has 0 fully saturated rings. The SMILES string of the molecule is C=C1C=CC(C(=O)O)=[C-]N1CCCC.[Y]. The van der Waals surface area contributed by atoms with E-state index in [0.29, 0.717) is 0 Å². The molecule has 1 aliphatic heterocycles. The van der Waals surface area contributed by atoms with Crippen LogP contribution in [0.3, 0.4) is 0 Å². The van der Waals surface area contributed by atoms with Gasteiger partial charge in [0.2, 0.25) is 5.97 Å². The van der Waals surface area contributed by atoms with Crippen molar-refractivity contribution >= 4 is 5.97 Å². The van der Waals surface area contributed by atoms with Crippen LogP contribution in [-0.4, -0.2) is 22.5 Å². The second kappa shape index (κ2) is 6.97. The summed E-state index contributed by atoms with van der Waals surface area (Å²) < 4.78 is 0. The third kappa shape index (κ3) is 4.31. The Bertz CT molecular complexity index is 308. The molecule has 1 radical (unpaired) electrons. The number of carboxylic acid groups (broad SMARTS) is 1. The number of aliphatic carboxylic acids is 1. The fourth-order valence-electron chi connectivity index (χ4n) is 1.16. The van der Waals surface area contributed by atoms with Crippen molar-refractivity contribution in [3.8, 4) is 0 Å². The number of unbranched alkanes of at least 4 members (excludes halogenated alkanes) is 1. The summed E-state index contributed by atoms with van der Waals surface area (Å²) in [5.74, 6) is -0.949. The number of carbonyl (C=O) groups is 1. The summed E-state index contributed by atoms with van der Waals surface area (Å²) in [5.41, 5.74) is 0.983. The summed E-state index contributed by atoms with van der Waals surface area (Å²) in [6.07, 6.45) is 8.10. The number of rotatable bonds is 4. The van der Waals surface area contributed by atoms with Gasteiger partial charge in [0.05, 0.1) is 0 Å². The van der Waals surface area contributed by atoms with Crippen LogP contribution in [0.1, 0.15) is 19.8 Å². The maximum atomic E-state index is 10.7. The van der Waals surface area contributed by atoms with Crippen molar-refractivity contribution < 1.29 is 42.6 Å². The fourth-order valence-corrected chi connectivity index (χ4v) is 1.16. The van der Waals surface area contributed by atoms with Gasteiger partial charge in [0.15, 0.2) is 0 Å². The summed E-state index contributed by atoms with van der Waals surface area (Å²) >= 11 is 0. The Hall–Kier alpha value is -0.406. The zero-order chi connectivity index (χ0) is 10.6. The maximum absolute atomic E-state index is 10.7. The van der Waals surface area contributed by atoms with Crippen molar-refractivity contribution in [1.82, 2.24) is 4.90 Å². The predicted octanol–water partition coefficient (Wildman–Crippen LogP) is 1.94. The number of nitrogens with zero attached hydrogens (tertiary/aromatic N) is 1. The minimum Gasteiger partial charge on any atom is -0.521 e. The van der Waals surface area contributed by atoms with E-state index < -0.39 is 5.97 Å². The van der Waals surface area contributed by atoms with Crippen LogP contribution in [0.25, 0.3) is 0 Å².